The summed E-state index contributed by atoms with van der Waals surface area (Å²) in [6.07, 6.45) is 5.07. The number of likely N-dealkylation sites (tertiary alicyclic amines) is 1. The highest BCUT2D eigenvalue weighted by molar-refractivity contribution is 5.92. The molecule has 3 heterocycles. The molecule has 0 bridgehead atoms. The number of hydrogen-bond donors (Lipinski definition) is 0. The van der Waals surface area contributed by atoms with E-state index in [2.05, 4.69) is 16.9 Å². The molecule has 1 atom stereocenters. The van der Waals surface area contributed by atoms with Gasteiger partial charge in [0.25, 0.3) is 5.91 Å². The molecule has 0 aliphatic carbocycles. The van der Waals surface area contributed by atoms with Crippen LogP contribution < -0.4 is 4.74 Å². The molecule has 1 aromatic heterocycles. The molecule has 2 fully saturated rings. The van der Waals surface area contributed by atoms with Gasteiger partial charge in [-0.2, -0.15) is 0 Å². The minimum Gasteiger partial charge on any atom is -0.497 e. The van der Waals surface area contributed by atoms with E-state index in [1.54, 1.807) is 25.4 Å². The lowest BCUT2D eigenvalue weighted by molar-refractivity contribution is -0.133. The van der Waals surface area contributed by atoms with Gasteiger partial charge in [0.05, 0.1) is 7.11 Å². The molecule has 0 aromatic carbocycles. The van der Waals surface area contributed by atoms with Gasteiger partial charge in [-0.05, 0) is 38.3 Å². The number of piperazine rings is 1. The van der Waals surface area contributed by atoms with E-state index >= 15 is 0 Å². The normalized spacial score (nSPS) is 21.2. The third kappa shape index (κ3) is 5.19. The van der Waals surface area contributed by atoms with Gasteiger partial charge in [0.1, 0.15) is 11.4 Å². The zero-order valence-electron chi connectivity index (χ0n) is 16.4. The fourth-order valence-electron chi connectivity index (χ4n) is 3.84. The van der Waals surface area contributed by atoms with Crippen LogP contribution in [0.15, 0.2) is 18.3 Å². The Kier molecular flexibility index (Phi) is 6.66. The van der Waals surface area contributed by atoms with Crippen LogP contribution in [0.25, 0.3) is 0 Å². The summed E-state index contributed by atoms with van der Waals surface area (Å²) >= 11 is 0. The summed E-state index contributed by atoms with van der Waals surface area (Å²) in [7, 11) is 3.67. The van der Waals surface area contributed by atoms with E-state index in [9.17, 15) is 9.59 Å². The molecular formula is C20H30N4O3. The molecule has 2 aliphatic rings. The van der Waals surface area contributed by atoms with Crippen molar-refractivity contribution in [2.45, 2.75) is 25.7 Å². The second-order valence-electron chi connectivity index (χ2n) is 7.56. The number of carbonyl (C=O) groups excluding carboxylic acids is 2. The summed E-state index contributed by atoms with van der Waals surface area (Å²) in [6.45, 7) is 5.00. The van der Waals surface area contributed by atoms with Crippen LogP contribution >= 0.6 is 0 Å². The highest BCUT2D eigenvalue weighted by Crippen LogP contribution is 2.23. The van der Waals surface area contributed by atoms with Gasteiger partial charge in [-0.3, -0.25) is 14.6 Å². The van der Waals surface area contributed by atoms with Gasteiger partial charge in [0.15, 0.2) is 0 Å². The zero-order chi connectivity index (χ0) is 19.2. The van der Waals surface area contributed by atoms with Gasteiger partial charge < -0.3 is 19.4 Å². The maximum Gasteiger partial charge on any atom is 0.272 e. The standard InChI is InChI=1S/C20H30N4O3/c1-22-10-12-23(13-11-22)19(25)6-5-16-4-3-9-24(15-16)20(26)18-14-17(27-2)7-8-21-18/h7-8,14,16H,3-6,9-13,15H2,1-2H3. The second kappa shape index (κ2) is 9.17. The molecule has 7 nitrogen and oxygen atoms in total. The number of methoxy groups -OCH3 is 1. The van der Waals surface area contributed by atoms with Crippen molar-refractivity contribution in [3.8, 4) is 5.75 Å². The number of likely N-dealkylation sites (N-methyl/N-ethyl adjacent to an activating group) is 1. The summed E-state index contributed by atoms with van der Waals surface area (Å²) in [4.78, 5) is 35.5. The average Bonchev–Trinajstić information content (AvgIpc) is 2.72. The van der Waals surface area contributed by atoms with Crippen LogP contribution in [0.1, 0.15) is 36.2 Å². The number of carbonyl (C=O) groups is 2. The zero-order valence-corrected chi connectivity index (χ0v) is 16.4. The van der Waals surface area contributed by atoms with Gasteiger partial charge in [0, 0.05) is 58.0 Å². The highest BCUT2D eigenvalue weighted by Gasteiger charge is 2.27. The highest BCUT2D eigenvalue weighted by atomic mass is 16.5. The molecule has 1 unspecified atom stereocenters. The van der Waals surface area contributed by atoms with Crippen LogP contribution in [0.2, 0.25) is 0 Å². The quantitative estimate of drug-likeness (QED) is 0.781. The van der Waals surface area contributed by atoms with E-state index in [1.165, 1.54) is 0 Å². The molecule has 2 saturated heterocycles. The summed E-state index contributed by atoms with van der Waals surface area (Å²) in [5.74, 6) is 1.22. The van der Waals surface area contributed by atoms with Crippen molar-refractivity contribution in [3.63, 3.8) is 0 Å². The largest absolute Gasteiger partial charge is 0.497 e. The van der Waals surface area contributed by atoms with Crippen molar-refractivity contribution in [2.24, 2.45) is 5.92 Å². The average molecular weight is 374 g/mol. The Hall–Kier alpha value is -2.15. The number of hydrogen-bond acceptors (Lipinski definition) is 5. The molecule has 0 N–H and O–H groups in total. The van der Waals surface area contributed by atoms with Gasteiger partial charge >= 0.3 is 0 Å². The number of ether oxygens (including phenoxy) is 1. The first-order valence-electron chi connectivity index (χ1n) is 9.82. The van der Waals surface area contributed by atoms with Crippen LogP contribution in [0.3, 0.4) is 0 Å². The lowest BCUT2D eigenvalue weighted by Crippen LogP contribution is -2.47. The van der Waals surface area contributed by atoms with Crippen LogP contribution in [-0.4, -0.2) is 84.9 Å². The van der Waals surface area contributed by atoms with Gasteiger partial charge in [-0.25, -0.2) is 0 Å². The van der Waals surface area contributed by atoms with Crippen molar-refractivity contribution >= 4 is 11.8 Å². The summed E-state index contributed by atoms with van der Waals surface area (Å²) in [5, 5.41) is 0. The van der Waals surface area contributed by atoms with Crippen molar-refractivity contribution in [2.75, 3.05) is 53.4 Å². The number of rotatable bonds is 5. The smallest absolute Gasteiger partial charge is 0.272 e. The van der Waals surface area contributed by atoms with E-state index < -0.39 is 0 Å². The maximum atomic E-state index is 12.8. The van der Waals surface area contributed by atoms with Crippen molar-refractivity contribution in [1.29, 1.82) is 0 Å². The molecule has 148 valence electrons. The van der Waals surface area contributed by atoms with Crippen molar-refractivity contribution < 1.29 is 14.3 Å². The second-order valence-corrected chi connectivity index (χ2v) is 7.56. The Balaban J connectivity index is 1.50. The fourth-order valence-corrected chi connectivity index (χ4v) is 3.84. The number of piperidine rings is 1. The summed E-state index contributed by atoms with van der Waals surface area (Å²) < 4.78 is 5.19. The van der Waals surface area contributed by atoms with Gasteiger partial charge in [-0.1, -0.05) is 0 Å². The molecule has 27 heavy (non-hydrogen) atoms. The van der Waals surface area contributed by atoms with E-state index in [1.807, 2.05) is 9.80 Å². The lowest BCUT2D eigenvalue weighted by atomic mass is 9.93. The van der Waals surface area contributed by atoms with Crippen LogP contribution in [0.5, 0.6) is 5.75 Å². The minimum atomic E-state index is -0.0519. The topological polar surface area (TPSA) is 66.0 Å². The Morgan fingerprint density at radius 3 is 2.70 bits per heavy atom. The Morgan fingerprint density at radius 1 is 1.19 bits per heavy atom. The van der Waals surface area contributed by atoms with Crippen LogP contribution in [-0.2, 0) is 4.79 Å². The first kappa shape index (κ1) is 19.6. The van der Waals surface area contributed by atoms with E-state index in [4.69, 9.17) is 4.74 Å². The SMILES string of the molecule is COc1ccnc(C(=O)N2CCCC(CCC(=O)N3CCN(C)CC3)C2)c1. The number of amides is 2. The molecule has 7 heteroatoms. The van der Waals surface area contributed by atoms with E-state index in [0.29, 0.717) is 30.3 Å². The van der Waals surface area contributed by atoms with Gasteiger partial charge in [0.2, 0.25) is 5.91 Å². The Bertz CT molecular complexity index is 658. The molecule has 1 aromatic rings. The molecule has 3 rings (SSSR count). The molecule has 0 spiro atoms. The first-order chi connectivity index (χ1) is 13.1. The predicted octanol–water partition coefficient (Wildman–Crippen LogP) is 1.50. The molecular weight excluding hydrogens is 344 g/mol. The monoisotopic (exact) mass is 374 g/mol. The van der Waals surface area contributed by atoms with Crippen LogP contribution in [0.4, 0.5) is 0 Å². The lowest BCUT2D eigenvalue weighted by Gasteiger charge is -2.34. The maximum absolute atomic E-state index is 12.8. The van der Waals surface area contributed by atoms with Crippen molar-refractivity contribution in [1.82, 2.24) is 19.7 Å². The molecule has 2 aliphatic heterocycles. The van der Waals surface area contributed by atoms with E-state index in [0.717, 1.165) is 52.0 Å². The fraction of sp³-hybridized carbons (Fsp3) is 0.650. The summed E-state index contributed by atoms with van der Waals surface area (Å²) in [5.41, 5.74) is 0.420. The minimum absolute atomic E-state index is 0.0519. The Labute approximate surface area is 161 Å². The molecule has 2 amide bonds. The van der Waals surface area contributed by atoms with Gasteiger partial charge in [-0.15, -0.1) is 0 Å². The predicted molar refractivity (Wildman–Crippen MR) is 103 cm³/mol. The Morgan fingerprint density at radius 2 is 1.96 bits per heavy atom. The molecule has 0 saturated carbocycles. The van der Waals surface area contributed by atoms with Crippen LogP contribution in [0, 0.1) is 5.92 Å². The molecule has 0 radical (unpaired) electrons. The number of pyridine rings is 1. The third-order valence-corrected chi connectivity index (χ3v) is 5.61. The summed E-state index contributed by atoms with van der Waals surface area (Å²) in [6, 6.07) is 3.42. The first-order valence-corrected chi connectivity index (χ1v) is 9.82. The van der Waals surface area contributed by atoms with E-state index in [-0.39, 0.29) is 11.8 Å². The number of aromatic nitrogens is 1. The third-order valence-electron chi connectivity index (χ3n) is 5.61. The number of nitrogens with zero attached hydrogens (tertiary/aromatic N) is 4. The van der Waals surface area contributed by atoms with Crippen molar-refractivity contribution in [3.05, 3.63) is 24.0 Å².